The van der Waals surface area contributed by atoms with E-state index in [1.54, 1.807) is 0 Å². The molecular formula is C104H64N2O2S2. The fourth-order valence-electron chi connectivity index (χ4n) is 16.8. The van der Waals surface area contributed by atoms with Gasteiger partial charge in [-0.3, -0.25) is 0 Å². The first-order valence-electron chi connectivity index (χ1n) is 37.4. The van der Waals surface area contributed by atoms with Gasteiger partial charge >= 0.3 is 0 Å². The lowest BCUT2D eigenvalue weighted by atomic mass is 9.96. The lowest BCUT2D eigenvalue weighted by molar-refractivity contribution is 0.668. The molecule has 0 amide bonds. The van der Waals surface area contributed by atoms with Crippen LogP contribution in [-0.2, 0) is 0 Å². The van der Waals surface area contributed by atoms with Crippen LogP contribution < -0.4 is 9.80 Å². The lowest BCUT2D eigenvalue weighted by Gasteiger charge is -2.27. The van der Waals surface area contributed by atoms with Crippen molar-refractivity contribution < 1.29 is 8.83 Å². The number of furan rings is 2. The predicted molar refractivity (Wildman–Crippen MR) is 469 cm³/mol. The second-order valence-electron chi connectivity index (χ2n) is 28.7. The van der Waals surface area contributed by atoms with Crippen molar-refractivity contribution in [3.63, 3.8) is 0 Å². The van der Waals surface area contributed by atoms with Crippen LogP contribution in [0.3, 0.4) is 0 Å². The predicted octanol–water partition coefficient (Wildman–Crippen LogP) is 31.1. The summed E-state index contributed by atoms with van der Waals surface area (Å²) in [6, 6.07) is 142. The van der Waals surface area contributed by atoms with Crippen LogP contribution in [0.5, 0.6) is 0 Å². The molecule has 0 aliphatic carbocycles. The number of rotatable bonds is 13. The molecule has 110 heavy (non-hydrogen) atoms. The molecule has 22 rings (SSSR count). The molecule has 18 aromatic carbocycles. The smallest absolute Gasteiger partial charge is 0.136 e. The zero-order chi connectivity index (χ0) is 72.3. The van der Waals surface area contributed by atoms with Gasteiger partial charge in [-0.1, -0.05) is 249 Å². The molecule has 22 aromatic rings. The van der Waals surface area contributed by atoms with Crippen LogP contribution in [0, 0.1) is 0 Å². The third-order valence-corrected chi connectivity index (χ3v) is 24.6. The van der Waals surface area contributed by atoms with Crippen molar-refractivity contribution in [3.05, 3.63) is 388 Å². The number of thiophene rings is 2. The number of anilines is 6. The van der Waals surface area contributed by atoms with Crippen LogP contribution in [0.2, 0.25) is 0 Å². The summed E-state index contributed by atoms with van der Waals surface area (Å²) in [5.74, 6) is 0. The van der Waals surface area contributed by atoms with Gasteiger partial charge < -0.3 is 18.6 Å². The minimum Gasteiger partial charge on any atom is -0.456 e. The van der Waals surface area contributed by atoms with Crippen molar-refractivity contribution in [3.8, 4) is 77.9 Å². The third kappa shape index (κ3) is 10.9. The SMILES string of the molecule is c1cc(-c2ccc3ccccc3c2)cc(N(c2ccc(-c3ccc4c(c3)oc3cc(-c5ccc6cc(-c7cccc(N(c8ccc(-c9cccc%10oc%11ccccc%11c9%10)cc8)c8cccc(-c9cccc%10c9sc9ccccc9%10)c8)c7)ccc6c5)ccc34)cc2)c2cccc(-c3cccc4c3sc3ccccc34)c2)c1. The van der Waals surface area contributed by atoms with Gasteiger partial charge in [0.05, 0.1) is 0 Å². The van der Waals surface area contributed by atoms with Crippen LogP contribution in [0.25, 0.3) is 184 Å². The van der Waals surface area contributed by atoms with E-state index in [1.807, 2.05) is 34.8 Å². The number of benzene rings is 18. The van der Waals surface area contributed by atoms with Crippen molar-refractivity contribution in [2.75, 3.05) is 9.80 Å². The van der Waals surface area contributed by atoms with Gasteiger partial charge in [0, 0.05) is 96.0 Å². The Hall–Kier alpha value is -13.9. The Kier molecular flexibility index (Phi) is 15.0. The van der Waals surface area contributed by atoms with Gasteiger partial charge in [0.1, 0.15) is 22.3 Å². The van der Waals surface area contributed by atoms with Crippen molar-refractivity contribution in [1.82, 2.24) is 0 Å². The molecule has 0 atom stereocenters. The Morgan fingerprint density at radius 3 is 1.08 bits per heavy atom. The largest absolute Gasteiger partial charge is 0.456 e. The number of nitrogens with zero attached hydrogens (tertiary/aromatic N) is 2. The Morgan fingerprint density at radius 1 is 0.182 bits per heavy atom. The van der Waals surface area contributed by atoms with E-state index in [2.05, 4.69) is 386 Å². The zero-order valence-corrected chi connectivity index (χ0v) is 61.1. The normalized spacial score (nSPS) is 11.8. The van der Waals surface area contributed by atoms with E-state index in [0.29, 0.717) is 0 Å². The minimum atomic E-state index is 0.857. The second kappa shape index (κ2) is 26.0. The summed E-state index contributed by atoms with van der Waals surface area (Å²) in [7, 11) is 0. The molecule has 0 spiro atoms. The van der Waals surface area contributed by atoms with E-state index in [9.17, 15) is 0 Å². The molecular weight excluding hydrogens is 1370 g/mol. The number of para-hydroxylation sites is 1. The maximum atomic E-state index is 6.84. The molecule has 0 aliphatic rings. The minimum absolute atomic E-state index is 0.857. The zero-order valence-electron chi connectivity index (χ0n) is 59.5. The highest BCUT2D eigenvalue weighted by Gasteiger charge is 2.22. The van der Waals surface area contributed by atoms with E-state index in [1.165, 1.54) is 89.7 Å². The van der Waals surface area contributed by atoms with Crippen molar-refractivity contribution in [2.45, 2.75) is 0 Å². The standard InChI is InChI=1S/C104H64N2O2S2/c1-2-17-68-56-71(39-38-65(68)16-1)69-18-9-22-82(59-69)105(84-24-11-20-78(61-84)87-30-13-32-93-91-26-4-7-36-100(91)109-103(87)93)80-50-44-66(45-51-80)76-48-54-89-90-55-49-77(64-99(90)108-98(89)63-76)75-43-42-73-57-72(40-41-74(73)58-75)70-19-10-23-83(60-70)106(81-52-46-67(47-53-81)86-29-15-35-97-102(86)95-28-3-6-34-96(95)107-97)85-25-12-21-79(62-85)88-31-14-33-94-92-27-5-8-37-101(92)110-104(88)94/h1-64H. The molecule has 0 bridgehead atoms. The van der Waals surface area contributed by atoms with Gasteiger partial charge in [0.2, 0.25) is 0 Å². The number of hydrogen-bond acceptors (Lipinski definition) is 6. The fraction of sp³-hybridized carbons (Fsp3) is 0. The Bertz CT molecular complexity index is 7440. The maximum Gasteiger partial charge on any atom is 0.136 e. The van der Waals surface area contributed by atoms with Gasteiger partial charge in [-0.25, -0.2) is 0 Å². The van der Waals surface area contributed by atoms with Crippen LogP contribution in [0.4, 0.5) is 34.1 Å². The van der Waals surface area contributed by atoms with E-state index in [0.717, 1.165) is 128 Å². The molecule has 0 radical (unpaired) electrons. The molecule has 4 aromatic heterocycles. The van der Waals surface area contributed by atoms with Crippen LogP contribution >= 0.6 is 22.7 Å². The maximum absolute atomic E-state index is 6.84. The first-order chi connectivity index (χ1) is 54.4. The molecule has 0 saturated heterocycles. The van der Waals surface area contributed by atoms with Crippen LogP contribution in [-0.4, -0.2) is 0 Å². The van der Waals surface area contributed by atoms with Crippen LogP contribution in [0.15, 0.2) is 397 Å². The molecule has 0 N–H and O–H groups in total. The first kappa shape index (κ1) is 63.4. The van der Waals surface area contributed by atoms with Gasteiger partial charge in [-0.15, -0.1) is 22.7 Å². The average Bonchev–Trinajstić information content (AvgIpc) is 1.55. The van der Waals surface area contributed by atoms with E-state index in [-0.39, 0.29) is 0 Å². The average molecular weight is 1440 g/mol. The molecule has 514 valence electrons. The molecule has 4 heterocycles. The van der Waals surface area contributed by atoms with Gasteiger partial charge in [0.15, 0.2) is 0 Å². The molecule has 0 saturated carbocycles. The summed E-state index contributed by atoms with van der Waals surface area (Å²) in [6.07, 6.45) is 0. The van der Waals surface area contributed by atoms with Crippen LogP contribution in [0.1, 0.15) is 0 Å². The molecule has 6 heteroatoms. The summed E-state index contributed by atoms with van der Waals surface area (Å²) in [5.41, 5.74) is 26.0. The topological polar surface area (TPSA) is 32.8 Å². The molecule has 4 nitrogen and oxygen atoms in total. The van der Waals surface area contributed by atoms with E-state index < -0.39 is 0 Å². The monoisotopic (exact) mass is 1440 g/mol. The van der Waals surface area contributed by atoms with Crippen molar-refractivity contribution in [1.29, 1.82) is 0 Å². The highest BCUT2D eigenvalue weighted by atomic mass is 32.1. The molecule has 0 unspecified atom stereocenters. The van der Waals surface area contributed by atoms with Gasteiger partial charge in [0.25, 0.3) is 0 Å². The molecule has 0 aliphatic heterocycles. The van der Waals surface area contributed by atoms with Crippen molar-refractivity contribution >= 4 is 163 Å². The van der Waals surface area contributed by atoms with Gasteiger partial charge in [-0.2, -0.15) is 0 Å². The summed E-state index contributed by atoms with van der Waals surface area (Å²) >= 11 is 3.74. The Morgan fingerprint density at radius 2 is 0.536 bits per heavy atom. The lowest BCUT2D eigenvalue weighted by Crippen LogP contribution is -2.10. The number of hydrogen-bond donors (Lipinski definition) is 0. The Balaban J connectivity index is 0.565. The highest BCUT2D eigenvalue weighted by Crippen LogP contribution is 2.48. The summed E-state index contributed by atoms with van der Waals surface area (Å²) in [4.78, 5) is 4.79. The van der Waals surface area contributed by atoms with E-state index in [4.69, 9.17) is 8.83 Å². The van der Waals surface area contributed by atoms with Gasteiger partial charge in [-0.05, 0) is 239 Å². The fourth-order valence-corrected chi connectivity index (χ4v) is 19.3. The van der Waals surface area contributed by atoms with Crippen molar-refractivity contribution in [2.24, 2.45) is 0 Å². The first-order valence-corrected chi connectivity index (χ1v) is 39.0. The number of fused-ring (bicyclic) bond motifs is 14. The Labute approximate surface area is 642 Å². The van der Waals surface area contributed by atoms with E-state index >= 15 is 0 Å². The second-order valence-corrected chi connectivity index (χ2v) is 30.8. The summed E-state index contributed by atoms with van der Waals surface area (Å²) < 4.78 is 18.4. The highest BCUT2D eigenvalue weighted by molar-refractivity contribution is 7.26. The summed E-state index contributed by atoms with van der Waals surface area (Å²) in [6.45, 7) is 0. The third-order valence-electron chi connectivity index (χ3n) is 22.2. The summed E-state index contributed by atoms with van der Waals surface area (Å²) in [5, 5.41) is 14.4. The quantitative estimate of drug-likeness (QED) is 0.115. The molecule has 0 fully saturated rings.